The number of carbonyl (C=O) groups is 2. The van der Waals surface area contributed by atoms with Gasteiger partial charge in [0.05, 0.1) is 10.8 Å². The first-order chi connectivity index (χ1) is 16.8. The van der Waals surface area contributed by atoms with Crippen molar-refractivity contribution in [2.45, 2.75) is 51.3 Å². The Morgan fingerprint density at radius 1 is 1.00 bits per heavy atom. The van der Waals surface area contributed by atoms with Crippen molar-refractivity contribution in [3.05, 3.63) is 59.2 Å². The number of likely N-dealkylation sites (tertiary alicyclic amines) is 1. The van der Waals surface area contributed by atoms with Crippen LogP contribution in [0.4, 0.5) is 5.69 Å². The van der Waals surface area contributed by atoms with Gasteiger partial charge in [0.2, 0.25) is 15.9 Å². The molecule has 1 fully saturated rings. The summed E-state index contributed by atoms with van der Waals surface area (Å²) in [5.41, 5.74) is 3.43. The van der Waals surface area contributed by atoms with Crippen molar-refractivity contribution in [2.24, 2.45) is 5.92 Å². The molecule has 0 aliphatic carbocycles. The normalized spacial score (nSPS) is 18.5. The van der Waals surface area contributed by atoms with E-state index in [0.717, 1.165) is 42.5 Å². The second-order valence-corrected chi connectivity index (χ2v) is 11.4. The molecule has 0 aromatic heterocycles. The number of rotatable bonds is 6. The molecule has 2 aliphatic heterocycles. The molecule has 2 aromatic rings. The molecule has 0 N–H and O–H groups in total. The number of aryl methyl sites for hydroxylation is 2. The highest BCUT2D eigenvalue weighted by atomic mass is 32.2. The van der Waals surface area contributed by atoms with E-state index in [0.29, 0.717) is 38.3 Å². The van der Waals surface area contributed by atoms with E-state index >= 15 is 0 Å². The molecule has 35 heavy (non-hydrogen) atoms. The number of sulfonamides is 1. The quantitative estimate of drug-likeness (QED) is 0.607. The standard InChI is InChI=1S/C27H35N3O4S/c1-4-29(5-2)35(33,34)24-14-15-25-22(18-24)8-7-17-30(25)27(32)23-9-6-16-28(19-23)26(31)21-12-10-20(3)11-13-21/h10-15,18,23H,4-9,16-17,19H2,1-3H3. The predicted molar refractivity (Wildman–Crippen MR) is 137 cm³/mol. The molecular formula is C27H35N3O4S. The molecular weight excluding hydrogens is 462 g/mol. The van der Waals surface area contributed by atoms with Crippen molar-refractivity contribution < 1.29 is 18.0 Å². The second-order valence-electron chi connectivity index (χ2n) is 9.43. The van der Waals surface area contributed by atoms with Crippen LogP contribution in [0.2, 0.25) is 0 Å². The Labute approximate surface area is 208 Å². The van der Waals surface area contributed by atoms with Gasteiger partial charge in [-0.15, -0.1) is 0 Å². The number of fused-ring (bicyclic) bond motifs is 1. The predicted octanol–water partition coefficient (Wildman–Crippen LogP) is 3.86. The third kappa shape index (κ3) is 5.14. The van der Waals surface area contributed by atoms with Crippen LogP contribution in [0.15, 0.2) is 47.4 Å². The highest BCUT2D eigenvalue weighted by Gasteiger charge is 2.34. The molecule has 2 heterocycles. The summed E-state index contributed by atoms with van der Waals surface area (Å²) in [6.07, 6.45) is 3.06. The van der Waals surface area contributed by atoms with E-state index < -0.39 is 10.0 Å². The van der Waals surface area contributed by atoms with Crippen molar-refractivity contribution in [3.8, 4) is 0 Å². The van der Waals surface area contributed by atoms with Crippen LogP contribution in [0.25, 0.3) is 0 Å². The van der Waals surface area contributed by atoms with E-state index in [1.165, 1.54) is 4.31 Å². The van der Waals surface area contributed by atoms with Crippen molar-refractivity contribution in [1.82, 2.24) is 9.21 Å². The van der Waals surface area contributed by atoms with Gasteiger partial charge in [-0.2, -0.15) is 4.31 Å². The lowest BCUT2D eigenvalue weighted by molar-refractivity contribution is -0.123. The largest absolute Gasteiger partial charge is 0.338 e. The number of piperidine rings is 1. The first kappa shape index (κ1) is 25.4. The Hall–Kier alpha value is -2.71. The smallest absolute Gasteiger partial charge is 0.253 e. The maximum Gasteiger partial charge on any atom is 0.253 e. The Kier molecular flexibility index (Phi) is 7.62. The molecule has 188 valence electrons. The molecule has 8 heteroatoms. The zero-order valence-electron chi connectivity index (χ0n) is 20.9. The van der Waals surface area contributed by atoms with Gasteiger partial charge in [-0.3, -0.25) is 9.59 Å². The third-order valence-corrected chi connectivity index (χ3v) is 9.18. The van der Waals surface area contributed by atoms with Crippen LogP contribution in [0.5, 0.6) is 0 Å². The summed E-state index contributed by atoms with van der Waals surface area (Å²) in [7, 11) is -3.55. The zero-order valence-corrected chi connectivity index (χ0v) is 21.7. The van der Waals surface area contributed by atoms with E-state index in [1.54, 1.807) is 28.0 Å². The van der Waals surface area contributed by atoms with E-state index in [-0.39, 0.29) is 22.6 Å². The number of anilines is 1. The lowest BCUT2D eigenvalue weighted by Crippen LogP contribution is -2.48. The SMILES string of the molecule is CCN(CC)S(=O)(=O)c1ccc2c(c1)CCCN2C(=O)C1CCCN(C(=O)c2ccc(C)cc2)C1. The average Bonchev–Trinajstić information content (AvgIpc) is 2.88. The summed E-state index contributed by atoms with van der Waals surface area (Å²) in [4.78, 5) is 30.5. The summed E-state index contributed by atoms with van der Waals surface area (Å²) in [6.45, 7) is 8.15. The highest BCUT2D eigenvalue weighted by Crippen LogP contribution is 2.33. The molecule has 1 atom stereocenters. The van der Waals surface area contributed by atoms with Crippen LogP contribution in [-0.4, -0.2) is 62.2 Å². The summed E-state index contributed by atoms with van der Waals surface area (Å²) < 4.78 is 27.4. The molecule has 2 aliphatic rings. The molecule has 7 nitrogen and oxygen atoms in total. The first-order valence-electron chi connectivity index (χ1n) is 12.6. The van der Waals surface area contributed by atoms with E-state index in [9.17, 15) is 18.0 Å². The topological polar surface area (TPSA) is 78.0 Å². The van der Waals surface area contributed by atoms with Crippen LogP contribution in [0.1, 0.15) is 54.6 Å². The van der Waals surface area contributed by atoms with Crippen LogP contribution in [-0.2, 0) is 21.2 Å². The Morgan fingerprint density at radius 2 is 1.71 bits per heavy atom. The number of nitrogens with zero attached hydrogens (tertiary/aromatic N) is 3. The highest BCUT2D eigenvalue weighted by molar-refractivity contribution is 7.89. The minimum absolute atomic E-state index is 0.0201. The molecule has 4 rings (SSSR count). The van der Waals surface area contributed by atoms with Crippen LogP contribution in [0, 0.1) is 12.8 Å². The van der Waals surface area contributed by atoms with E-state index in [4.69, 9.17) is 0 Å². The second kappa shape index (κ2) is 10.5. The van der Waals surface area contributed by atoms with E-state index in [1.807, 2.05) is 45.0 Å². The van der Waals surface area contributed by atoms with Gasteiger partial charge < -0.3 is 9.80 Å². The van der Waals surface area contributed by atoms with Gasteiger partial charge in [-0.05, 0) is 68.5 Å². The monoisotopic (exact) mass is 497 g/mol. The molecule has 1 saturated heterocycles. The fourth-order valence-corrected chi connectivity index (χ4v) is 6.65. The first-order valence-corrected chi connectivity index (χ1v) is 14.0. The molecule has 2 aromatic carbocycles. The van der Waals surface area contributed by atoms with Crippen molar-refractivity contribution in [1.29, 1.82) is 0 Å². The molecule has 2 amide bonds. The van der Waals surface area contributed by atoms with Gasteiger partial charge in [0.1, 0.15) is 0 Å². The lowest BCUT2D eigenvalue weighted by atomic mass is 9.93. The Balaban J connectivity index is 1.53. The molecule has 0 bridgehead atoms. The summed E-state index contributed by atoms with van der Waals surface area (Å²) in [6, 6.07) is 12.7. The summed E-state index contributed by atoms with van der Waals surface area (Å²) in [5, 5.41) is 0. The summed E-state index contributed by atoms with van der Waals surface area (Å²) >= 11 is 0. The van der Waals surface area contributed by atoms with E-state index in [2.05, 4.69) is 0 Å². The Bertz CT molecular complexity index is 1190. The van der Waals surface area contributed by atoms with Gasteiger partial charge in [0.15, 0.2) is 0 Å². The number of amides is 2. The number of benzene rings is 2. The number of hydrogen-bond donors (Lipinski definition) is 0. The fraction of sp³-hybridized carbons (Fsp3) is 0.481. The van der Waals surface area contributed by atoms with Crippen molar-refractivity contribution >= 4 is 27.5 Å². The molecule has 0 saturated carbocycles. The molecule has 0 radical (unpaired) electrons. The average molecular weight is 498 g/mol. The zero-order chi connectivity index (χ0) is 25.2. The maximum atomic E-state index is 13.6. The van der Waals surface area contributed by atoms with Crippen LogP contribution >= 0.6 is 0 Å². The van der Waals surface area contributed by atoms with Crippen molar-refractivity contribution in [3.63, 3.8) is 0 Å². The van der Waals surface area contributed by atoms with Gasteiger partial charge in [-0.1, -0.05) is 31.5 Å². The number of carbonyl (C=O) groups excluding carboxylic acids is 2. The van der Waals surface area contributed by atoms with Crippen LogP contribution < -0.4 is 4.90 Å². The lowest BCUT2D eigenvalue weighted by Gasteiger charge is -2.37. The minimum atomic E-state index is -3.55. The number of hydrogen-bond acceptors (Lipinski definition) is 4. The molecule has 1 unspecified atom stereocenters. The van der Waals surface area contributed by atoms with Gasteiger partial charge in [-0.25, -0.2) is 8.42 Å². The molecule has 0 spiro atoms. The van der Waals surface area contributed by atoms with Crippen molar-refractivity contribution in [2.75, 3.05) is 37.6 Å². The van der Waals surface area contributed by atoms with Crippen LogP contribution in [0.3, 0.4) is 0 Å². The third-order valence-electron chi connectivity index (χ3n) is 7.14. The Morgan fingerprint density at radius 3 is 2.40 bits per heavy atom. The summed E-state index contributed by atoms with van der Waals surface area (Å²) in [5.74, 6) is -0.275. The fourth-order valence-electron chi connectivity index (χ4n) is 5.14. The van der Waals surface area contributed by atoms with Gasteiger partial charge in [0, 0.05) is 44.0 Å². The van der Waals surface area contributed by atoms with Gasteiger partial charge in [0.25, 0.3) is 5.91 Å². The minimum Gasteiger partial charge on any atom is -0.338 e. The maximum absolute atomic E-state index is 13.6. The van der Waals surface area contributed by atoms with Gasteiger partial charge >= 0.3 is 0 Å².